The van der Waals surface area contributed by atoms with Crippen molar-refractivity contribution >= 4 is 21.8 Å². The lowest BCUT2D eigenvalue weighted by atomic mass is 9.94. The average molecular weight is 498 g/mol. The van der Waals surface area contributed by atoms with E-state index in [4.69, 9.17) is 0 Å². The first kappa shape index (κ1) is 28.2. The molecule has 0 radical (unpaired) electrons. The Morgan fingerprint density at radius 2 is 1.59 bits per heavy atom. The van der Waals surface area contributed by atoms with Crippen molar-refractivity contribution < 1.29 is 28.2 Å². The minimum Gasteiger partial charge on any atom is -0.390 e. The molecule has 0 spiro atoms. The van der Waals surface area contributed by atoms with Gasteiger partial charge in [-0.2, -0.15) is 4.31 Å². The van der Waals surface area contributed by atoms with Gasteiger partial charge < -0.3 is 20.8 Å². The highest BCUT2D eigenvalue weighted by Crippen LogP contribution is 2.21. The lowest BCUT2D eigenvalue weighted by molar-refractivity contribution is -0.125. The van der Waals surface area contributed by atoms with Crippen LogP contribution in [0.1, 0.15) is 63.7 Å². The smallest absolute Gasteiger partial charge is 0.251 e. The molecule has 0 bridgehead atoms. The summed E-state index contributed by atoms with van der Waals surface area (Å²) >= 11 is 0. The third-order valence-electron chi connectivity index (χ3n) is 5.77. The molecule has 1 aliphatic rings. The Morgan fingerprint density at radius 1 is 1.00 bits per heavy atom. The van der Waals surface area contributed by atoms with Gasteiger partial charge in [0.25, 0.3) is 5.91 Å². The summed E-state index contributed by atoms with van der Waals surface area (Å²) in [6.45, 7) is 9.21. The molecular weight excluding hydrogens is 458 g/mol. The second kappa shape index (κ2) is 12.6. The van der Waals surface area contributed by atoms with Gasteiger partial charge in [-0.05, 0) is 55.4 Å². The quantitative estimate of drug-likeness (QED) is 0.346. The van der Waals surface area contributed by atoms with Gasteiger partial charge in [-0.3, -0.25) is 9.59 Å². The van der Waals surface area contributed by atoms with Crippen LogP contribution in [-0.2, 0) is 14.8 Å². The van der Waals surface area contributed by atoms with Gasteiger partial charge in [-0.25, -0.2) is 8.42 Å². The van der Waals surface area contributed by atoms with Crippen molar-refractivity contribution in [1.82, 2.24) is 14.9 Å². The van der Waals surface area contributed by atoms with E-state index in [1.165, 1.54) is 28.6 Å². The molecule has 3 atom stereocenters. The summed E-state index contributed by atoms with van der Waals surface area (Å²) in [6.07, 6.45) is -0.898. The van der Waals surface area contributed by atoms with Gasteiger partial charge in [0, 0.05) is 25.2 Å². The number of aliphatic hydroxyl groups excluding tert-OH is 2. The fourth-order valence-corrected chi connectivity index (χ4v) is 5.39. The van der Waals surface area contributed by atoms with Crippen LogP contribution >= 0.6 is 0 Å². The molecule has 2 amide bonds. The number of rotatable bonds is 12. The van der Waals surface area contributed by atoms with Crippen LogP contribution in [0.5, 0.6) is 0 Å². The first-order valence-corrected chi connectivity index (χ1v) is 13.4. The predicted octanol–water partition coefficient (Wildman–Crippen LogP) is 1.50. The predicted molar refractivity (Wildman–Crippen MR) is 130 cm³/mol. The maximum Gasteiger partial charge on any atom is 0.251 e. The molecule has 34 heavy (non-hydrogen) atoms. The van der Waals surface area contributed by atoms with E-state index in [2.05, 4.69) is 10.6 Å². The van der Waals surface area contributed by atoms with Crippen molar-refractivity contribution in [2.75, 3.05) is 19.6 Å². The van der Waals surface area contributed by atoms with Crippen molar-refractivity contribution in [3.05, 3.63) is 29.8 Å². The Kier molecular flexibility index (Phi) is 10.5. The Bertz CT molecular complexity index is 911. The maximum absolute atomic E-state index is 12.8. The first-order valence-electron chi connectivity index (χ1n) is 12.0. The van der Waals surface area contributed by atoms with Crippen LogP contribution in [0.15, 0.2) is 29.2 Å². The van der Waals surface area contributed by atoms with Crippen molar-refractivity contribution in [2.24, 2.45) is 11.8 Å². The number of nitrogens with one attached hydrogen (secondary N) is 2. The maximum atomic E-state index is 12.8. The Balaban J connectivity index is 2.05. The van der Waals surface area contributed by atoms with E-state index in [-0.39, 0.29) is 34.6 Å². The Labute approximate surface area is 203 Å². The lowest BCUT2D eigenvalue weighted by Crippen LogP contribution is -2.50. The third-order valence-corrected chi connectivity index (χ3v) is 7.68. The summed E-state index contributed by atoms with van der Waals surface area (Å²) in [7, 11) is -3.58. The molecule has 9 nitrogen and oxygen atoms in total. The van der Waals surface area contributed by atoms with Gasteiger partial charge in [0.1, 0.15) is 6.10 Å². The molecule has 1 aliphatic heterocycles. The molecular formula is C24H39N3O6S. The number of hydrogen-bond acceptors (Lipinski definition) is 6. The number of benzene rings is 1. The van der Waals surface area contributed by atoms with Gasteiger partial charge in [0.2, 0.25) is 15.9 Å². The molecule has 0 aliphatic carbocycles. The monoisotopic (exact) mass is 497 g/mol. The molecule has 1 saturated heterocycles. The number of carbonyl (C=O) groups excluding carboxylic acids is 2. The van der Waals surface area contributed by atoms with E-state index in [1.807, 2.05) is 27.7 Å². The van der Waals surface area contributed by atoms with Gasteiger partial charge >= 0.3 is 0 Å². The second-order valence-corrected chi connectivity index (χ2v) is 11.7. The zero-order valence-electron chi connectivity index (χ0n) is 20.5. The second-order valence-electron chi connectivity index (χ2n) is 9.81. The van der Waals surface area contributed by atoms with Crippen LogP contribution in [-0.4, -0.2) is 72.6 Å². The van der Waals surface area contributed by atoms with Crippen molar-refractivity contribution in [3.8, 4) is 0 Å². The molecule has 2 rings (SSSR count). The van der Waals surface area contributed by atoms with Gasteiger partial charge in [0.05, 0.1) is 23.5 Å². The fraction of sp³-hybridized carbons (Fsp3) is 0.667. The highest BCUT2D eigenvalue weighted by Gasteiger charge is 2.31. The number of nitrogens with zero attached hydrogens (tertiary/aromatic N) is 1. The standard InChI is InChI=1S/C24H39N3O6S/c1-16(2)13-20(23(30)21(28)14-22(29)25-15-17(3)4)26-24(31)18-7-9-19(10-8-18)34(32,33)27-11-5-6-12-27/h7-10,16-17,20-21,23,28,30H,5-6,11-15H2,1-4H3,(H,25,29)(H,26,31). The molecule has 3 unspecified atom stereocenters. The molecule has 1 aromatic rings. The molecule has 192 valence electrons. The van der Waals surface area contributed by atoms with Crippen LogP contribution < -0.4 is 10.6 Å². The minimum absolute atomic E-state index is 0.106. The summed E-state index contributed by atoms with van der Waals surface area (Å²) in [5.41, 5.74) is 0.241. The molecule has 1 aromatic carbocycles. The normalized spacial score (nSPS) is 17.5. The number of amides is 2. The summed E-state index contributed by atoms with van der Waals surface area (Å²) in [5.74, 6) is -0.499. The van der Waals surface area contributed by atoms with Gasteiger partial charge in [-0.1, -0.05) is 27.7 Å². The van der Waals surface area contributed by atoms with Gasteiger partial charge in [0.15, 0.2) is 0 Å². The van der Waals surface area contributed by atoms with Crippen LogP contribution in [0.3, 0.4) is 0 Å². The fourth-order valence-electron chi connectivity index (χ4n) is 3.87. The SMILES string of the molecule is CC(C)CNC(=O)CC(O)C(O)C(CC(C)C)NC(=O)c1ccc(S(=O)(=O)N2CCCC2)cc1. The molecule has 1 fully saturated rings. The molecule has 1 heterocycles. The van der Waals surface area contributed by atoms with E-state index in [0.29, 0.717) is 26.1 Å². The Hall–Kier alpha value is -2.01. The zero-order chi connectivity index (χ0) is 25.5. The molecule has 10 heteroatoms. The number of carbonyl (C=O) groups is 2. The Morgan fingerprint density at radius 3 is 2.12 bits per heavy atom. The summed E-state index contributed by atoms with van der Waals surface area (Å²) in [5, 5.41) is 26.6. The highest BCUT2D eigenvalue weighted by molar-refractivity contribution is 7.89. The van der Waals surface area contributed by atoms with Gasteiger partial charge in [-0.15, -0.1) is 0 Å². The van der Waals surface area contributed by atoms with Crippen LogP contribution in [0.25, 0.3) is 0 Å². The number of sulfonamides is 1. The largest absolute Gasteiger partial charge is 0.390 e. The van der Waals surface area contributed by atoms with Crippen molar-refractivity contribution in [3.63, 3.8) is 0 Å². The van der Waals surface area contributed by atoms with E-state index in [9.17, 15) is 28.2 Å². The van der Waals surface area contributed by atoms with Crippen LogP contribution in [0.2, 0.25) is 0 Å². The first-order chi connectivity index (χ1) is 15.9. The molecule has 4 N–H and O–H groups in total. The van der Waals surface area contributed by atoms with Crippen LogP contribution in [0.4, 0.5) is 0 Å². The number of hydrogen-bond donors (Lipinski definition) is 4. The lowest BCUT2D eigenvalue weighted by Gasteiger charge is -2.29. The van der Waals surface area contributed by atoms with E-state index < -0.39 is 34.2 Å². The van der Waals surface area contributed by atoms with Crippen molar-refractivity contribution in [1.29, 1.82) is 0 Å². The van der Waals surface area contributed by atoms with E-state index in [0.717, 1.165) is 12.8 Å². The summed E-state index contributed by atoms with van der Waals surface area (Å²) in [4.78, 5) is 25.0. The molecule has 0 aromatic heterocycles. The summed E-state index contributed by atoms with van der Waals surface area (Å²) in [6, 6.07) is 4.91. The highest BCUT2D eigenvalue weighted by atomic mass is 32.2. The third kappa shape index (κ3) is 8.04. The average Bonchev–Trinajstić information content (AvgIpc) is 3.32. The van der Waals surface area contributed by atoms with Crippen molar-refractivity contribution in [2.45, 2.75) is 76.5 Å². The zero-order valence-corrected chi connectivity index (χ0v) is 21.3. The summed E-state index contributed by atoms with van der Waals surface area (Å²) < 4.78 is 26.8. The van der Waals surface area contributed by atoms with Crippen LogP contribution in [0, 0.1) is 11.8 Å². The number of aliphatic hydroxyl groups is 2. The minimum atomic E-state index is -3.58. The van der Waals surface area contributed by atoms with E-state index >= 15 is 0 Å². The van der Waals surface area contributed by atoms with E-state index in [1.54, 1.807) is 0 Å². The topological polar surface area (TPSA) is 136 Å². The molecule has 0 saturated carbocycles.